The van der Waals surface area contributed by atoms with Crippen LogP contribution in [0.15, 0.2) is 6.07 Å². The fraction of sp³-hybridized carbons (Fsp3) is 0.545. The number of halogens is 2. The minimum atomic E-state index is -0.849. The third-order valence-electron chi connectivity index (χ3n) is 2.81. The zero-order valence-electron chi connectivity index (χ0n) is 9.59. The highest BCUT2D eigenvalue weighted by atomic mass is 19.1. The van der Waals surface area contributed by atoms with Gasteiger partial charge in [-0.3, -0.25) is 0 Å². The summed E-state index contributed by atoms with van der Waals surface area (Å²) in [5.41, 5.74) is 4.92. The summed E-state index contributed by atoms with van der Waals surface area (Å²) < 4.78 is 31.8. The summed E-state index contributed by atoms with van der Waals surface area (Å²) in [5.74, 6) is -1.94. The first kappa shape index (κ1) is 12.0. The molecule has 1 unspecified atom stereocenters. The number of pyridine rings is 1. The number of nitrogens with zero attached hydrogens (tertiary/aromatic N) is 1. The first-order chi connectivity index (χ1) is 8.00. The van der Waals surface area contributed by atoms with E-state index in [1.807, 2.05) is 6.92 Å². The molecule has 0 radical (unpaired) electrons. The normalized spacial score (nSPS) is 24.6. The maximum Gasteiger partial charge on any atom is 0.168 e. The number of anilines is 2. The quantitative estimate of drug-likeness (QED) is 0.833. The van der Waals surface area contributed by atoms with Gasteiger partial charge >= 0.3 is 0 Å². The number of nitrogens with one attached hydrogen (secondary N) is 1. The van der Waals surface area contributed by atoms with Crippen molar-refractivity contribution in [2.45, 2.75) is 25.3 Å². The predicted octanol–water partition coefficient (Wildman–Crippen LogP) is 1.92. The van der Waals surface area contributed by atoms with Gasteiger partial charge in [-0.1, -0.05) is 0 Å². The molecular formula is C11H15F2N3O. The lowest BCUT2D eigenvalue weighted by Crippen LogP contribution is -2.43. The largest absolute Gasteiger partial charge is 0.381 e. The van der Waals surface area contributed by atoms with Crippen LogP contribution < -0.4 is 11.1 Å². The fourth-order valence-corrected chi connectivity index (χ4v) is 1.89. The fourth-order valence-electron chi connectivity index (χ4n) is 1.89. The lowest BCUT2D eigenvalue weighted by molar-refractivity contribution is 0.0537. The van der Waals surface area contributed by atoms with E-state index in [-0.39, 0.29) is 11.6 Å². The number of aromatic nitrogens is 1. The van der Waals surface area contributed by atoms with E-state index in [4.69, 9.17) is 10.5 Å². The number of hydrogen-bond donors (Lipinski definition) is 2. The molecule has 1 atom stereocenters. The summed E-state index contributed by atoms with van der Waals surface area (Å²) in [4.78, 5) is 3.67. The van der Waals surface area contributed by atoms with E-state index in [1.165, 1.54) is 0 Å². The monoisotopic (exact) mass is 243 g/mol. The second-order valence-electron chi connectivity index (χ2n) is 4.53. The van der Waals surface area contributed by atoms with Crippen molar-refractivity contribution in [2.75, 3.05) is 24.3 Å². The molecule has 0 aliphatic carbocycles. The molecule has 1 aliphatic heterocycles. The Morgan fingerprint density at radius 1 is 1.47 bits per heavy atom. The van der Waals surface area contributed by atoms with Crippen molar-refractivity contribution in [1.29, 1.82) is 0 Å². The smallest absolute Gasteiger partial charge is 0.168 e. The highest BCUT2D eigenvalue weighted by Crippen LogP contribution is 2.25. The molecule has 3 N–H and O–H groups in total. The van der Waals surface area contributed by atoms with Crippen LogP contribution in [0, 0.1) is 11.6 Å². The molecule has 4 nitrogen and oxygen atoms in total. The van der Waals surface area contributed by atoms with Crippen molar-refractivity contribution >= 4 is 11.6 Å². The Morgan fingerprint density at radius 3 is 2.88 bits per heavy atom. The van der Waals surface area contributed by atoms with E-state index in [0.717, 1.165) is 18.9 Å². The Kier molecular flexibility index (Phi) is 3.15. The summed E-state index contributed by atoms with van der Waals surface area (Å²) in [7, 11) is 0. The van der Waals surface area contributed by atoms with E-state index in [9.17, 15) is 8.78 Å². The molecule has 0 saturated carbocycles. The van der Waals surface area contributed by atoms with Crippen LogP contribution in [0.4, 0.5) is 20.4 Å². The van der Waals surface area contributed by atoms with Gasteiger partial charge in [-0.05, 0) is 19.8 Å². The molecule has 0 bridgehead atoms. The van der Waals surface area contributed by atoms with Crippen LogP contribution in [0.1, 0.15) is 19.8 Å². The maximum absolute atomic E-state index is 13.5. The molecule has 0 amide bonds. The average Bonchev–Trinajstić information content (AvgIpc) is 2.26. The summed E-state index contributed by atoms with van der Waals surface area (Å²) in [6.45, 7) is 3.08. The number of hydrogen-bond acceptors (Lipinski definition) is 4. The van der Waals surface area contributed by atoms with Gasteiger partial charge in [0, 0.05) is 12.7 Å². The Bertz CT molecular complexity index is 419. The highest BCUT2D eigenvalue weighted by Gasteiger charge is 2.29. The Balaban J connectivity index is 2.20. The molecule has 1 saturated heterocycles. The Morgan fingerprint density at radius 2 is 2.24 bits per heavy atom. The zero-order chi connectivity index (χ0) is 12.5. The maximum atomic E-state index is 13.5. The van der Waals surface area contributed by atoms with Crippen LogP contribution in [0.3, 0.4) is 0 Å². The molecule has 0 spiro atoms. The van der Waals surface area contributed by atoms with Gasteiger partial charge < -0.3 is 15.8 Å². The van der Waals surface area contributed by atoms with Gasteiger partial charge in [0.05, 0.1) is 12.1 Å². The first-order valence-corrected chi connectivity index (χ1v) is 5.48. The first-order valence-electron chi connectivity index (χ1n) is 5.48. The Labute approximate surface area is 98.2 Å². The molecule has 1 fully saturated rings. The van der Waals surface area contributed by atoms with Gasteiger partial charge in [0.15, 0.2) is 23.3 Å². The standard InChI is InChI=1S/C11H15F2N3O/c1-11(3-2-4-17-6-11)16-10-8(13)5-7(12)9(14)15-10/h5H,2-4,6H2,1H3,(H3,14,15,16). The van der Waals surface area contributed by atoms with Crippen LogP contribution in [-0.2, 0) is 4.74 Å². The van der Waals surface area contributed by atoms with E-state index in [1.54, 1.807) is 0 Å². The van der Waals surface area contributed by atoms with Gasteiger partial charge in [0.2, 0.25) is 0 Å². The molecule has 17 heavy (non-hydrogen) atoms. The van der Waals surface area contributed by atoms with Crippen molar-refractivity contribution in [3.05, 3.63) is 17.7 Å². The predicted molar refractivity (Wildman–Crippen MR) is 60.6 cm³/mol. The molecule has 1 aromatic rings. The summed E-state index contributed by atoms with van der Waals surface area (Å²) in [6.07, 6.45) is 1.73. The Hall–Kier alpha value is -1.43. The van der Waals surface area contributed by atoms with Crippen LogP contribution in [0.2, 0.25) is 0 Å². The summed E-state index contributed by atoms with van der Waals surface area (Å²) >= 11 is 0. The van der Waals surface area contributed by atoms with Crippen molar-refractivity contribution in [3.63, 3.8) is 0 Å². The molecule has 94 valence electrons. The SMILES string of the molecule is CC1(Nc2nc(N)c(F)cc2F)CCCOC1. The van der Waals surface area contributed by atoms with Crippen LogP contribution >= 0.6 is 0 Å². The van der Waals surface area contributed by atoms with E-state index in [0.29, 0.717) is 13.2 Å². The third-order valence-corrected chi connectivity index (χ3v) is 2.81. The minimum Gasteiger partial charge on any atom is -0.381 e. The van der Waals surface area contributed by atoms with E-state index in [2.05, 4.69) is 10.3 Å². The molecule has 0 aromatic carbocycles. The molecule has 1 aliphatic rings. The molecule has 1 aromatic heterocycles. The lowest BCUT2D eigenvalue weighted by Gasteiger charge is -2.34. The van der Waals surface area contributed by atoms with Gasteiger partial charge in [0.25, 0.3) is 0 Å². The van der Waals surface area contributed by atoms with Crippen molar-refractivity contribution in [3.8, 4) is 0 Å². The number of ether oxygens (including phenoxy) is 1. The molecule has 2 heterocycles. The summed E-state index contributed by atoms with van der Waals surface area (Å²) in [6, 6.07) is 0.734. The lowest BCUT2D eigenvalue weighted by atomic mass is 9.95. The second kappa shape index (κ2) is 4.44. The number of nitrogens with two attached hydrogens (primary N) is 1. The topological polar surface area (TPSA) is 60.2 Å². The minimum absolute atomic E-state index is 0.0306. The third kappa shape index (κ3) is 2.63. The van der Waals surface area contributed by atoms with Crippen LogP contribution in [0.25, 0.3) is 0 Å². The highest BCUT2D eigenvalue weighted by molar-refractivity contribution is 5.46. The van der Waals surface area contributed by atoms with Gasteiger partial charge in [0.1, 0.15) is 0 Å². The second-order valence-corrected chi connectivity index (χ2v) is 4.53. The average molecular weight is 243 g/mol. The van der Waals surface area contributed by atoms with Crippen molar-refractivity contribution in [2.24, 2.45) is 0 Å². The molecule has 2 rings (SSSR count). The van der Waals surface area contributed by atoms with Crippen LogP contribution in [0.5, 0.6) is 0 Å². The van der Waals surface area contributed by atoms with Crippen LogP contribution in [-0.4, -0.2) is 23.7 Å². The van der Waals surface area contributed by atoms with Gasteiger partial charge in [-0.2, -0.15) is 0 Å². The summed E-state index contributed by atoms with van der Waals surface area (Å²) in [5, 5.41) is 2.94. The number of rotatable bonds is 2. The van der Waals surface area contributed by atoms with E-state index >= 15 is 0 Å². The van der Waals surface area contributed by atoms with Gasteiger partial charge in [-0.25, -0.2) is 13.8 Å². The number of nitrogen functional groups attached to an aromatic ring is 1. The van der Waals surface area contributed by atoms with E-state index < -0.39 is 17.2 Å². The molecule has 6 heteroatoms. The van der Waals surface area contributed by atoms with Crippen molar-refractivity contribution < 1.29 is 13.5 Å². The zero-order valence-corrected chi connectivity index (χ0v) is 9.59. The van der Waals surface area contributed by atoms with Gasteiger partial charge in [-0.15, -0.1) is 0 Å². The molecular weight excluding hydrogens is 228 g/mol. The van der Waals surface area contributed by atoms with Crippen molar-refractivity contribution in [1.82, 2.24) is 4.98 Å².